The zero-order chi connectivity index (χ0) is 16.8. The molecule has 0 aliphatic heterocycles. The van der Waals surface area contributed by atoms with Gasteiger partial charge in [0.25, 0.3) is 5.91 Å². The molecule has 2 amide bonds. The van der Waals surface area contributed by atoms with Gasteiger partial charge in [0, 0.05) is 24.4 Å². The molecule has 0 saturated heterocycles. The maximum Gasteiger partial charge on any atom is 0.254 e. The average Bonchev–Trinajstić information content (AvgIpc) is 2.54. The summed E-state index contributed by atoms with van der Waals surface area (Å²) in [5.74, 6) is -0.659. The highest BCUT2D eigenvalue weighted by Crippen LogP contribution is 2.16. The maximum atomic E-state index is 13.2. The third-order valence-electron chi connectivity index (χ3n) is 3.15. The van der Waals surface area contributed by atoms with Crippen LogP contribution in [0.15, 0.2) is 48.5 Å². The molecule has 23 heavy (non-hydrogen) atoms. The Balaban J connectivity index is 1.97. The number of carbonyl (C=O) groups excluding carboxylic acids is 2. The molecule has 5 nitrogen and oxygen atoms in total. The highest BCUT2D eigenvalue weighted by molar-refractivity contribution is 5.99. The molecule has 2 rings (SSSR count). The summed E-state index contributed by atoms with van der Waals surface area (Å²) < 4.78 is 18.2. The van der Waals surface area contributed by atoms with Crippen molar-refractivity contribution < 1.29 is 18.7 Å². The predicted octanol–water partition coefficient (Wildman–Crippen LogP) is 2.55. The van der Waals surface area contributed by atoms with Gasteiger partial charge in [0.1, 0.15) is 11.6 Å². The van der Waals surface area contributed by atoms with Gasteiger partial charge in [-0.2, -0.15) is 0 Å². The second kappa shape index (κ2) is 7.40. The Morgan fingerprint density at radius 1 is 1.17 bits per heavy atom. The summed E-state index contributed by atoms with van der Waals surface area (Å²) in [4.78, 5) is 25.4. The smallest absolute Gasteiger partial charge is 0.254 e. The molecule has 0 spiro atoms. The van der Waals surface area contributed by atoms with Gasteiger partial charge in [-0.15, -0.1) is 0 Å². The summed E-state index contributed by atoms with van der Waals surface area (Å²) >= 11 is 0. The van der Waals surface area contributed by atoms with Gasteiger partial charge in [-0.25, -0.2) is 4.39 Å². The fourth-order valence-electron chi connectivity index (χ4n) is 2.03. The quantitative estimate of drug-likeness (QED) is 0.922. The van der Waals surface area contributed by atoms with E-state index in [1.54, 1.807) is 24.3 Å². The molecule has 0 aliphatic rings. The molecule has 0 atom stereocenters. The molecular weight excluding hydrogens is 299 g/mol. The highest BCUT2D eigenvalue weighted by atomic mass is 19.1. The van der Waals surface area contributed by atoms with E-state index in [0.29, 0.717) is 11.4 Å². The third-order valence-corrected chi connectivity index (χ3v) is 3.15. The first-order valence-electron chi connectivity index (χ1n) is 6.94. The van der Waals surface area contributed by atoms with Crippen molar-refractivity contribution in [2.75, 3.05) is 26.0 Å². The summed E-state index contributed by atoms with van der Waals surface area (Å²) in [5.41, 5.74) is 0.766. The van der Waals surface area contributed by atoms with E-state index in [4.69, 9.17) is 4.74 Å². The summed E-state index contributed by atoms with van der Waals surface area (Å²) in [6.45, 7) is -0.146. The number of likely N-dealkylation sites (N-methyl/N-ethyl adjacent to an activating group) is 1. The lowest BCUT2D eigenvalue weighted by atomic mass is 10.2. The van der Waals surface area contributed by atoms with Crippen molar-refractivity contribution in [3.63, 3.8) is 0 Å². The van der Waals surface area contributed by atoms with Crippen LogP contribution in [0.2, 0.25) is 0 Å². The minimum absolute atomic E-state index is 0.146. The van der Waals surface area contributed by atoms with E-state index in [1.165, 1.54) is 37.3 Å². The van der Waals surface area contributed by atoms with E-state index in [1.807, 2.05) is 0 Å². The molecule has 1 N–H and O–H groups in total. The summed E-state index contributed by atoms with van der Waals surface area (Å²) in [6.07, 6.45) is 0. The van der Waals surface area contributed by atoms with Crippen LogP contribution in [0.5, 0.6) is 5.75 Å². The molecule has 2 aromatic carbocycles. The number of hydrogen-bond donors (Lipinski definition) is 1. The van der Waals surface area contributed by atoms with Crippen molar-refractivity contribution in [1.82, 2.24) is 4.90 Å². The summed E-state index contributed by atoms with van der Waals surface area (Å²) in [5, 5.41) is 2.68. The molecular formula is C17H17FN2O3. The van der Waals surface area contributed by atoms with Crippen molar-refractivity contribution in [3.05, 3.63) is 59.9 Å². The van der Waals surface area contributed by atoms with Crippen LogP contribution in [0.25, 0.3) is 0 Å². The van der Waals surface area contributed by atoms with Crippen molar-refractivity contribution in [3.8, 4) is 5.75 Å². The van der Waals surface area contributed by atoms with Crippen molar-refractivity contribution in [2.24, 2.45) is 0 Å². The summed E-state index contributed by atoms with van der Waals surface area (Å²) in [7, 11) is 3.02. The Morgan fingerprint density at radius 3 is 2.61 bits per heavy atom. The molecule has 0 radical (unpaired) electrons. The van der Waals surface area contributed by atoms with Gasteiger partial charge in [0.05, 0.1) is 13.7 Å². The Morgan fingerprint density at radius 2 is 1.91 bits per heavy atom. The number of benzene rings is 2. The lowest BCUT2D eigenvalue weighted by Crippen LogP contribution is -2.34. The number of carbonyl (C=O) groups is 2. The number of hydrogen-bond acceptors (Lipinski definition) is 3. The van der Waals surface area contributed by atoms with Gasteiger partial charge in [-0.3, -0.25) is 9.59 Å². The SMILES string of the molecule is COc1cccc(NC(=O)CN(C)C(=O)c2cccc(F)c2)c1. The van der Waals surface area contributed by atoms with E-state index in [0.717, 1.165) is 6.07 Å². The summed E-state index contributed by atoms with van der Waals surface area (Å²) in [6, 6.07) is 12.2. The molecule has 120 valence electrons. The Kier molecular flexibility index (Phi) is 5.30. The van der Waals surface area contributed by atoms with E-state index in [9.17, 15) is 14.0 Å². The van der Waals surface area contributed by atoms with Crippen LogP contribution in [-0.4, -0.2) is 37.4 Å². The molecule has 0 aliphatic carbocycles. The maximum absolute atomic E-state index is 13.2. The van der Waals surface area contributed by atoms with Gasteiger partial charge in [-0.05, 0) is 30.3 Å². The van der Waals surface area contributed by atoms with E-state index in [-0.39, 0.29) is 18.0 Å². The normalized spacial score (nSPS) is 10.0. The van der Waals surface area contributed by atoms with Crippen LogP contribution >= 0.6 is 0 Å². The lowest BCUT2D eigenvalue weighted by Gasteiger charge is -2.17. The molecule has 0 saturated carbocycles. The Labute approximate surface area is 133 Å². The number of rotatable bonds is 5. The predicted molar refractivity (Wildman–Crippen MR) is 85.0 cm³/mol. The first kappa shape index (κ1) is 16.5. The van der Waals surface area contributed by atoms with Crippen LogP contribution in [0.1, 0.15) is 10.4 Å². The Hall–Kier alpha value is -2.89. The van der Waals surface area contributed by atoms with Gasteiger partial charge in [0.15, 0.2) is 0 Å². The zero-order valence-electron chi connectivity index (χ0n) is 12.9. The molecule has 0 heterocycles. The second-order valence-corrected chi connectivity index (χ2v) is 4.95. The van der Waals surface area contributed by atoms with Gasteiger partial charge >= 0.3 is 0 Å². The number of ether oxygens (including phenoxy) is 1. The fourth-order valence-corrected chi connectivity index (χ4v) is 2.03. The number of nitrogens with one attached hydrogen (secondary N) is 1. The number of amides is 2. The topological polar surface area (TPSA) is 58.6 Å². The second-order valence-electron chi connectivity index (χ2n) is 4.95. The van der Waals surface area contributed by atoms with Gasteiger partial charge in [-0.1, -0.05) is 12.1 Å². The van der Waals surface area contributed by atoms with E-state index in [2.05, 4.69) is 5.32 Å². The number of halogens is 1. The minimum atomic E-state index is -0.495. The number of methoxy groups -OCH3 is 1. The molecule has 0 fully saturated rings. The van der Waals surface area contributed by atoms with E-state index >= 15 is 0 Å². The standard InChI is InChI=1S/C17H17FN2O3/c1-20(17(22)12-5-3-6-13(18)9-12)11-16(21)19-14-7-4-8-15(10-14)23-2/h3-10H,11H2,1-2H3,(H,19,21). The van der Waals surface area contributed by atoms with Gasteiger partial charge < -0.3 is 15.0 Å². The molecule has 0 bridgehead atoms. The minimum Gasteiger partial charge on any atom is -0.497 e. The van der Waals surface area contributed by atoms with Crippen molar-refractivity contribution >= 4 is 17.5 Å². The first-order chi connectivity index (χ1) is 11.0. The van der Waals surface area contributed by atoms with Gasteiger partial charge in [0.2, 0.25) is 5.91 Å². The monoisotopic (exact) mass is 316 g/mol. The first-order valence-corrected chi connectivity index (χ1v) is 6.94. The van der Waals surface area contributed by atoms with Crippen LogP contribution in [0, 0.1) is 5.82 Å². The third kappa shape index (κ3) is 4.54. The molecule has 2 aromatic rings. The largest absolute Gasteiger partial charge is 0.497 e. The fraction of sp³-hybridized carbons (Fsp3) is 0.176. The zero-order valence-corrected chi connectivity index (χ0v) is 12.9. The van der Waals surface area contributed by atoms with Crippen molar-refractivity contribution in [1.29, 1.82) is 0 Å². The van der Waals surface area contributed by atoms with Crippen LogP contribution in [0.3, 0.4) is 0 Å². The van der Waals surface area contributed by atoms with Crippen LogP contribution in [-0.2, 0) is 4.79 Å². The van der Waals surface area contributed by atoms with Crippen LogP contribution in [0.4, 0.5) is 10.1 Å². The number of anilines is 1. The van der Waals surface area contributed by atoms with E-state index < -0.39 is 11.7 Å². The van der Waals surface area contributed by atoms with Crippen molar-refractivity contribution in [2.45, 2.75) is 0 Å². The molecule has 0 aromatic heterocycles. The Bertz CT molecular complexity index is 718. The highest BCUT2D eigenvalue weighted by Gasteiger charge is 2.15. The van der Waals surface area contributed by atoms with Crippen LogP contribution < -0.4 is 10.1 Å². The molecule has 0 unspecified atom stereocenters. The number of nitrogens with zero attached hydrogens (tertiary/aromatic N) is 1. The average molecular weight is 316 g/mol. The molecule has 6 heteroatoms. The lowest BCUT2D eigenvalue weighted by molar-refractivity contribution is -0.116.